The van der Waals surface area contributed by atoms with E-state index in [1.54, 1.807) is 25.1 Å². The van der Waals surface area contributed by atoms with Crippen molar-refractivity contribution in [2.45, 2.75) is 77.8 Å². The van der Waals surface area contributed by atoms with E-state index in [0.717, 1.165) is 20.8 Å². The molecule has 14 heteroatoms. The van der Waals surface area contributed by atoms with Gasteiger partial charge in [0.15, 0.2) is 22.7 Å². The van der Waals surface area contributed by atoms with Gasteiger partial charge in [-0.05, 0) is 71.7 Å². The molecule has 212 valence electrons. The monoisotopic (exact) mass is 570 g/mol. The van der Waals surface area contributed by atoms with Crippen LogP contribution < -0.4 is 10.9 Å². The maximum absolute atomic E-state index is 9.59. The maximum atomic E-state index is 9.59. The van der Waals surface area contributed by atoms with Gasteiger partial charge < -0.3 is 24.5 Å². The van der Waals surface area contributed by atoms with Crippen molar-refractivity contribution in [1.82, 2.24) is 9.97 Å². The summed E-state index contributed by atoms with van der Waals surface area (Å²) in [5, 5.41) is 39.2. The number of nitrogens with zero attached hydrogens (tertiary/aromatic N) is 2. The zero-order valence-electron chi connectivity index (χ0n) is 23.6. The summed E-state index contributed by atoms with van der Waals surface area (Å²) in [5.74, 6) is 0.467. The minimum Gasteiger partial charge on any atom is -0.441 e. The van der Waals surface area contributed by atoms with E-state index in [1.807, 2.05) is 54.5 Å². The minimum absolute atomic E-state index is 0.293. The normalized spacial score (nSPS) is 24.7. The molecule has 6 rings (SSSR count). The lowest BCUT2D eigenvalue weighted by molar-refractivity contribution is -0.548. The van der Waals surface area contributed by atoms with Gasteiger partial charge in [-0.3, -0.25) is 0 Å². The molecular weight excluding hydrogens is 538 g/mol. The number of fused-ring (bicyclic) bond motifs is 2. The van der Waals surface area contributed by atoms with Crippen molar-refractivity contribution in [2.24, 2.45) is 0 Å². The summed E-state index contributed by atoms with van der Waals surface area (Å²) in [4.78, 5) is 29.5. The molecule has 4 aromatic rings. The zero-order valence-corrected chi connectivity index (χ0v) is 24.4. The Hall–Kier alpha value is -2.39. The van der Waals surface area contributed by atoms with Crippen molar-refractivity contribution < 1.29 is 44.1 Å². The SMILES string of the molecule is Cc1nc2c(B(O)O)cc(C3(C)OOC3(C)C)cc2o1.Cc1nc2c(B(O)O)cc(C3(C)OOC3(C)C)cc2s1. The third kappa shape index (κ3) is 4.48. The number of aryl methyl sites for hydroxylation is 2. The predicted octanol–water partition coefficient (Wildman–Crippen LogP) is 2.01. The smallest absolute Gasteiger partial charge is 0.441 e. The fraction of sp³-hybridized carbons (Fsp3) is 0.462. The molecule has 2 atom stereocenters. The summed E-state index contributed by atoms with van der Waals surface area (Å²) < 4.78 is 6.41. The quantitative estimate of drug-likeness (QED) is 0.210. The topological polar surface area (TPSA) is 157 Å². The van der Waals surface area contributed by atoms with Crippen LogP contribution in [0.1, 0.15) is 63.6 Å². The van der Waals surface area contributed by atoms with Crippen molar-refractivity contribution >= 4 is 57.8 Å². The molecule has 40 heavy (non-hydrogen) atoms. The number of thiazole rings is 1. The summed E-state index contributed by atoms with van der Waals surface area (Å²) in [6.07, 6.45) is 0. The van der Waals surface area contributed by atoms with Gasteiger partial charge in [-0.1, -0.05) is 12.1 Å². The third-order valence-electron chi connectivity index (χ3n) is 8.05. The Bertz CT molecular complexity index is 1480. The van der Waals surface area contributed by atoms with E-state index in [2.05, 4.69) is 9.97 Å². The van der Waals surface area contributed by atoms with Crippen molar-refractivity contribution in [1.29, 1.82) is 0 Å². The highest BCUT2D eigenvalue weighted by Crippen LogP contribution is 2.49. The second-order valence-corrected chi connectivity index (χ2v) is 12.7. The molecule has 0 spiro atoms. The average molecular weight is 570 g/mol. The summed E-state index contributed by atoms with van der Waals surface area (Å²) in [5.41, 5.74) is 1.57. The van der Waals surface area contributed by atoms with Gasteiger partial charge in [-0.15, -0.1) is 11.3 Å². The first kappa shape index (κ1) is 29.1. The van der Waals surface area contributed by atoms with Crippen molar-refractivity contribution in [3.05, 3.63) is 46.3 Å². The Kier molecular flexibility index (Phi) is 6.97. The van der Waals surface area contributed by atoms with Crippen LogP contribution in [0, 0.1) is 13.8 Å². The molecule has 2 aliphatic heterocycles. The molecule has 0 aliphatic carbocycles. The molecule has 0 bridgehead atoms. The van der Waals surface area contributed by atoms with Crippen molar-refractivity contribution in [3.8, 4) is 0 Å². The van der Waals surface area contributed by atoms with Crippen LogP contribution in [0.3, 0.4) is 0 Å². The van der Waals surface area contributed by atoms with Gasteiger partial charge in [-0.25, -0.2) is 29.5 Å². The molecular formula is C26H32B2N2O9S. The van der Waals surface area contributed by atoms with E-state index in [0.29, 0.717) is 33.4 Å². The van der Waals surface area contributed by atoms with E-state index in [9.17, 15) is 20.1 Å². The maximum Gasteiger partial charge on any atom is 0.490 e. The van der Waals surface area contributed by atoms with Crippen LogP contribution in [0.2, 0.25) is 0 Å². The highest BCUT2D eigenvalue weighted by Gasteiger charge is 2.57. The van der Waals surface area contributed by atoms with Gasteiger partial charge in [0, 0.05) is 17.8 Å². The van der Waals surface area contributed by atoms with Crippen LogP contribution in [-0.2, 0) is 30.8 Å². The van der Waals surface area contributed by atoms with Gasteiger partial charge in [0.25, 0.3) is 0 Å². The molecule has 2 fully saturated rings. The van der Waals surface area contributed by atoms with Gasteiger partial charge in [0.05, 0.1) is 15.2 Å². The first-order chi connectivity index (χ1) is 18.5. The van der Waals surface area contributed by atoms with Crippen molar-refractivity contribution in [2.75, 3.05) is 0 Å². The molecule has 2 aliphatic rings. The van der Waals surface area contributed by atoms with E-state index in [-0.39, 0.29) is 0 Å². The highest BCUT2D eigenvalue weighted by atomic mass is 32.1. The second kappa shape index (κ2) is 9.58. The van der Waals surface area contributed by atoms with E-state index in [4.69, 9.17) is 24.0 Å². The van der Waals surface area contributed by atoms with Crippen LogP contribution in [0.4, 0.5) is 0 Å². The van der Waals surface area contributed by atoms with Crippen LogP contribution >= 0.6 is 11.3 Å². The summed E-state index contributed by atoms with van der Waals surface area (Å²) in [7, 11) is -3.19. The first-order valence-electron chi connectivity index (χ1n) is 12.8. The number of aromatic nitrogens is 2. The van der Waals surface area contributed by atoms with Gasteiger partial charge >= 0.3 is 14.2 Å². The van der Waals surface area contributed by atoms with Gasteiger partial charge in [0.2, 0.25) is 0 Å². The number of hydrogen-bond donors (Lipinski definition) is 4. The first-order valence-corrected chi connectivity index (χ1v) is 13.6. The number of benzene rings is 2. The highest BCUT2D eigenvalue weighted by molar-refractivity contribution is 7.18. The molecule has 2 aromatic heterocycles. The predicted molar refractivity (Wildman–Crippen MR) is 150 cm³/mol. The fourth-order valence-corrected chi connectivity index (χ4v) is 5.64. The molecule has 2 aromatic carbocycles. The Balaban J connectivity index is 0.000000161. The minimum atomic E-state index is -1.63. The van der Waals surface area contributed by atoms with Gasteiger partial charge in [-0.2, -0.15) is 0 Å². The second-order valence-electron chi connectivity index (χ2n) is 11.5. The number of rotatable bonds is 4. The molecule has 4 heterocycles. The molecule has 0 amide bonds. The van der Waals surface area contributed by atoms with Crippen molar-refractivity contribution in [3.63, 3.8) is 0 Å². The Labute approximate surface area is 235 Å². The molecule has 0 saturated carbocycles. The molecule has 4 N–H and O–H groups in total. The summed E-state index contributed by atoms with van der Waals surface area (Å²) in [6.45, 7) is 15.1. The average Bonchev–Trinajstić information content (AvgIpc) is 3.45. The summed E-state index contributed by atoms with van der Waals surface area (Å²) >= 11 is 1.52. The van der Waals surface area contributed by atoms with Crippen LogP contribution in [-0.4, -0.2) is 55.5 Å². The summed E-state index contributed by atoms with van der Waals surface area (Å²) in [6, 6.07) is 7.18. The number of hydrogen-bond acceptors (Lipinski definition) is 12. The number of oxazole rings is 1. The van der Waals surface area contributed by atoms with Crippen LogP contribution in [0.5, 0.6) is 0 Å². The molecule has 11 nitrogen and oxygen atoms in total. The van der Waals surface area contributed by atoms with Crippen LogP contribution in [0.25, 0.3) is 21.3 Å². The molecule has 2 unspecified atom stereocenters. The standard InChI is InChI=1S/C13H16BNO5.C13H16BNO4S/c1-7-15-11-9(14(16)17)5-8(6-10(11)18-7)13(4)12(2,3)19-20-13;1-7-15-11-9(14(16)17)5-8(6-10(11)20-7)13(4)12(2,3)18-19-13/h2*5-6,16-17H,1-4H3. The van der Waals surface area contributed by atoms with E-state index < -0.39 is 36.6 Å². The Morgan fingerprint density at radius 3 is 1.62 bits per heavy atom. The zero-order chi connectivity index (χ0) is 29.4. The molecule has 0 radical (unpaired) electrons. The van der Waals surface area contributed by atoms with Gasteiger partial charge in [0.1, 0.15) is 16.7 Å². The largest absolute Gasteiger partial charge is 0.490 e. The van der Waals surface area contributed by atoms with Crippen LogP contribution in [0.15, 0.2) is 28.7 Å². The Morgan fingerprint density at radius 2 is 1.18 bits per heavy atom. The fourth-order valence-electron chi connectivity index (χ4n) is 4.74. The lowest BCUT2D eigenvalue weighted by Crippen LogP contribution is -2.59. The lowest BCUT2D eigenvalue weighted by Gasteiger charge is -2.51. The third-order valence-corrected chi connectivity index (χ3v) is 8.97. The van der Waals surface area contributed by atoms with E-state index >= 15 is 0 Å². The van der Waals surface area contributed by atoms with E-state index in [1.165, 1.54) is 11.3 Å². The Morgan fingerprint density at radius 1 is 0.675 bits per heavy atom. The molecule has 2 saturated heterocycles. The lowest BCUT2D eigenvalue weighted by atomic mass is 9.73.